The fourth-order valence-corrected chi connectivity index (χ4v) is 1.49. The molecule has 0 unspecified atom stereocenters. The summed E-state index contributed by atoms with van der Waals surface area (Å²) in [6.45, 7) is 5.92. The van der Waals surface area contributed by atoms with Gasteiger partial charge in [0.25, 0.3) is 5.56 Å². The number of hydrogen-bond acceptors (Lipinski definition) is 2. The van der Waals surface area contributed by atoms with Gasteiger partial charge in [-0.05, 0) is 31.9 Å². The van der Waals surface area contributed by atoms with E-state index in [9.17, 15) is 4.79 Å². The van der Waals surface area contributed by atoms with Crippen LogP contribution >= 0.6 is 0 Å². The van der Waals surface area contributed by atoms with Crippen molar-refractivity contribution in [1.29, 1.82) is 0 Å². The van der Waals surface area contributed by atoms with Gasteiger partial charge in [0.1, 0.15) is 5.69 Å². The summed E-state index contributed by atoms with van der Waals surface area (Å²) >= 11 is 0. The van der Waals surface area contributed by atoms with E-state index in [4.69, 9.17) is 0 Å². The van der Waals surface area contributed by atoms with Crippen molar-refractivity contribution in [3.05, 3.63) is 27.2 Å². The largest absolute Gasteiger partial charge is 0.373 e. The molecule has 0 aliphatic carbocycles. The summed E-state index contributed by atoms with van der Waals surface area (Å²) in [5.74, 6) is 0. The van der Waals surface area contributed by atoms with E-state index in [0.717, 1.165) is 22.5 Å². The van der Waals surface area contributed by atoms with E-state index in [1.165, 1.54) is 0 Å². The van der Waals surface area contributed by atoms with Crippen LogP contribution in [-0.2, 0) is 0 Å². The van der Waals surface area contributed by atoms with Gasteiger partial charge in [-0.1, -0.05) is 0 Å². The molecule has 13 heavy (non-hydrogen) atoms. The average molecular weight is 180 g/mol. The van der Waals surface area contributed by atoms with Crippen molar-refractivity contribution in [2.45, 2.75) is 20.8 Å². The number of anilines is 1. The first-order chi connectivity index (χ1) is 5.95. The molecule has 1 N–H and O–H groups in total. The quantitative estimate of drug-likeness (QED) is 0.708. The number of nitrogens with zero attached hydrogens (tertiary/aromatic N) is 1. The number of H-pyrrole nitrogens is 1. The van der Waals surface area contributed by atoms with E-state index in [0.29, 0.717) is 0 Å². The maximum Gasteiger partial charge on any atom is 0.271 e. The third kappa shape index (κ3) is 1.59. The molecule has 0 aliphatic heterocycles. The molecule has 1 aromatic rings. The van der Waals surface area contributed by atoms with Gasteiger partial charge in [0.2, 0.25) is 0 Å². The predicted octanol–water partition coefficient (Wildman–Crippen LogP) is 1.37. The maximum atomic E-state index is 11.6. The Bertz CT molecular complexity index is 377. The molecule has 0 fully saturated rings. The third-order valence-corrected chi connectivity index (χ3v) is 2.44. The van der Waals surface area contributed by atoms with Gasteiger partial charge in [0.15, 0.2) is 0 Å². The van der Waals surface area contributed by atoms with Crippen LogP contribution in [0.2, 0.25) is 0 Å². The number of aromatic nitrogens is 1. The van der Waals surface area contributed by atoms with Crippen molar-refractivity contribution in [2.24, 2.45) is 0 Å². The highest BCUT2D eigenvalue weighted by atomic mass is 16.1. The van der Waals surface area contributed by atoms with Crippen molar-refractivity contribution in [3.63, 3.8) is 0 Å². The second-order valence-electron chi connectivity index (χ2n) is 3.57. The molecular formula is C10H16N2O. The lowest BCUT2D eigenvalue weighted by Gasteiger charge is -2.16. The van der Waals surface area contributed by atoms with Gasteiger partial charge < -0.3 is 9.88 Å². The minimum atomic E-state index is -0.00870. The zero-order valence-corrected chi connectivity index (χ0v) is 8.86. The molecule has 0 radical (unpaired) electrons. The summed E-state index contributed by atoms with van der Waals surface area (Å²) in [5.41, 5.74) is 3.91. The highest BCUT2D eigenvalue weighted by molar-refractivity contribution is 5.54. The standard InChI is InChI=1S/C10H16N2O/c1-6-7(2)9(12(4)5)10(13)11-8(6)3/h1-5H3,(H,11,13). The van der Waals surface area contributed by atoms with Crippen LogP contribution in [0.1, 0.15) is 16.8 Å². The molecule has 0 amide bonds. The van der Waals surface area contributed by atoms with Gasteiger partial charge >= 0.3 is 0 Å². The lowest BCUT2D eigenvalue weighted by molar-refractivity contribution is 1.01. The lowest BCUT2D eigenvalue weighted by atomic mass is 10.1. The summed E-state index contributed by atoms with van der Waals surface area (Å²) in [5, 5.41) is 0. The first-order valence-corrected chi connectivity index (χ1v) is 4.32. The van der Waals surface area contributed by atoms with Gasteiger partial charge in [0.05, 0.1) is 0 Å². The van der Waals surface area contributed by atoms with Crippen LogP contribution in [0.25, 0.3) is 0 Å². The summed E-state index contributed by atoms with van der Waals surface area (Å²) in [6, 6.07) is 0. The summed E-state index contributed by atoms with van der Waals surface area (Å²) < 4.78 is 0. The van der Waals surface area contributed by atoms with Crippen LogP contribution in [0.5, 0.6) is 0 Å². The highest BCUT2D eigenvalue weighted by Crippen LogP contribution is 2.17. The van der Waals surface area contributed by atoms with E-state index in [1.54, 1.807) is 0 Å². The molecule has 0 aliphatic rings. The molecule has 1 aromatic heterocycles. The number of aromatic amines is 1. The molecule has 0 saturated heterocycles. The fraction of sp³-hybridized carbons (Fsp3) is 0.500. The van der Waals surface area contributed by atoms with E-state index in [-0.39, 0.29) is 5.56 Å². The second kappa shape index (κ2) is 3.24. The maximum absolute atomic E-state index is 11.6. The first kappa shape index (κ1) is 9.84. The summed E-state index contributed by atoms with van der Waals surface area (Å²) in [7, 11) is 3.76. The molecule has 0 saturated carbocycles. The van der Waals surface area contributed by atoms with Gasteiger partial charge in [-0.3, -0.25) is 4.79 Å². The molecule has 0 atom stereocenters. The molecule has 3 nitrogen and oxygen atoms in total. The van der Waals surface area contributed by atoms with Gasteiger partial charge in [-0.2, -0.15) is 0 Å². The number of rotatable bonds is 1. The lowest BCUT2D eigenvalue weighted by Crippen LogP contribution is -2.23. The Balaban J connectivity index is 3.54. The van der Waals surface area contributed by atoms with Crippen molar-refractivity contribution in [2.75, 3.05) is 19.0 Å². The molecule has 1 rings (SSSR count). The van der Waals surface area contributed by atoms with Crippen LogP contribution < -0.4 is 10.5 Å². The second-order valence-corrected chi connectivity index (χ2v) is 3.57. The normalized spacial score (nSPS) is 10.2. The summed E-state index contributed by atoms with van der Waals surface area (Å²) in [6.07, 6.45) is 0. The Labute approximate surface area is 78.4 Å². The topological polar surface area (TPSA) is 36.1 Å². The van der Waals surface area contributed by atoms with Crippen molar-refractivity contribution in [3.8, 4) is 0 Å². The summed E-state index contributed by atoms with van der Waals surface area (Å²) in [4.78, 5) is 16.2. The minimum Gasteiger partial charge on any atom is -0.373 e. The average Bonchev–Trinajstić information content (AvgIpc) is 1.99. The molecule has 1 heterocycles. The molecule has 0 spiro atoms. The predicted molar refractivity (Wildman–Crippen MR) is 55.6 cm³/mol. The monoisotopic (exact) mass is 180 g/mol. The molecular weight excluding hydrogens is 164 g/mol. The van der Waals surface area contributed by atoms with E-state index in [1.807, 2.05) is 39.8 Å². The molecule has 0 aromatic carbocycles. The zero-order valence-electron chi connectivity index (χ0n) is 8.86. The van der Waals surface area contributed by atoms with Crippen LogP contribution in [0.4, 0.5) is 5.69 Å². The van der Waals surface area contributed by atoms with E-state index in [2.05, 4.69) is 4.98 Å². The van der Waals surface area contributed by atoms with Crippen molar-refractivity contribution in [1.82, 2.24) is 4.98 Å². The van der Waals surface area contributed by atoms with Crippen LogP contribution in [0, 0.1) is 20.8 Å². The van der Waals surface area contributed by atoms with E-state index < -0.39 is 0 Å². The van der Waals surface area contributed by atoms with Crippen LogP contribution in [0.15, 0.2) is 4.79 Å². The molecule has 0 bridgehead atoms. The zero-order chi connectivity index (χ0) is 10.2. The van der Waals surface area contributed by atoms with Gasteiger partial charge in [0, 0.05) is 19.8 Å². The number of aryl methyl sites for hydroxylation is 1. The molecule has 72 valence electrons. The van der Waals surface area contributed by atoms with Crippen LogP contribution in [0.3, 0.4) is 0 Å². The first-order valence-electron chi connectivity index (χ1n) is 4.32. The van der Waals surface area contributed by atoms with Gasteiger partial charge in [-0.15, -0.1) is 0 Å². The number of nitrogens with one attached hydrogen (secondary N) is 1. The number of pyridine rings is 1. The van der Waals surface area contributed by atoms with Crippen molar-refractivity contribution >= 4 is 5.69 Å². The number of hydrogen-bond donors (Lipinski definition) is 1. The Hall–Kier alpha value is -1.25. The van der Waals surface area contributed by atoms with E-state index >= 15 is 0 Å². The van der Waals surface area contributed by atoms with Crippen molar-refractivity contribution < 1.29 is 0 Å². The third-order valence-electron chi connectivity index (χ3n) is 2.44. The van der Waals surface area contributed by atoms with Crippen LogP contribution in [-0.4, -0.2) is 19.1 Å². The molecule has 3 heteroatoms. The fourth-order valence-electron chi connectivity index (χ4n) is 1.49. The SMILES string of the molecule is Cc1[nH]c(=O)c(N(C)C)c(C)c1C. The Morgan fingerprint density at radius 1 is 1.08 bits per heavy atom. The van der Waals surface area contributed by atoms with Gasteiger partial charge in [-0.25, -0.2) is 0 Å². The Morgan fingerprint density at radius 2 is 1.62 bits per heavy atom. The smallest absolute Gasteiger partial charge is 0.271 e. The Morgan fingerprint density at radius 3 is 2.08 bits per heavy atom. The Kier molecular flexibility index (Phi) is 2.45. The minimum absolute atomic E-state index is 0.00870. The highest BCUT2D eigenvalue weighted by Gasteiger charge is 2.09.